The Balaban J connectivity index is 1.98. The molecule has 0 radical (unpaired) electrons. The Morgan fingerprint density at radius 2 is 2.39 bits per heavy atom. The largest absolute Gasteiger partial charge is 0.384 e. The minimum Gasteiger partial charge on any atom is -0.384 e. The van der Waals surface area contributed by atoms with Gasteiger partial charge in [-0.1, -0.05) is 11.8 Å². The van der Waals surface area contributed by atoms with Crippen molar-refractivity contribution in [2.24, 2.45) is 0 Å². The number of hydrogen-bond acceptors (Lipinski definition) is 4. The number of morpholine rings is 1. The molecule has 3 nitrogen and oxygen atoms in total. The molecule has 2 atom stereocenters. The lowest BCUT2D eigenvalue weighted by Gasteiger charge is -2.36. The second-order valence-corrected chi connectivity index (χ2v) is 5.68. The second kappa shape index (κ2) is 6.35. The summed E-state index contributed by atoms with van der Waals surface area (Å²) in [5.41, 5.74) is 0.998. The lowest BCUT2D eigenvalue weighted by atomic mass is 10.2. The third kappa shape index (κ3) is 3.56. The van der Waals surface area contributed by atoms with Crippen molar-refractivity contribution < 1.29 is 9.84 Å². The maximum absolute atomic E-state index is 8.67. The fourth-order valence-corrected chi connectivity index (χ4v) is 2.90. The standard InChI is InChI=1S/C14H19NO2S/c1-11-9-17-12(2)7-15(11)8-14-6-13(10-18-14)4-3-5-16/h6,10-12,16H,5,7-9H2,1-2H3. The second-order valence-electron chi connectivity index (χ2n) is 4.68. The van der Waals surface area contributed by atoms with Crippen LogP contribution in [-0.2, 0) is 11.3 Å². The topological polar surface area (TPSA) is 32.7 Å². The van der Waals surface area contributed by atoms with Gasteiger partial charge in [-0.05, 0) is 19.9 Å². The van der Waals surface area contributed by atoms with Crippen molar-refractivity contribution in [2.75, 3.05) is 19.8 Å². The van der Waals surface area contributed by atoms with Crippen molar-refractivity contribution in [1.29, 1.82) is 0 Å². The van der Waals surface area contributed by atoms with E-state index in [0.29, 0.717) is 12.1 Å². The van der Waals surface area contributed by atoms with Crippen LogP contribution in [0.4, 0.5) is 0 Å². The Morgan fingerprint density at radius 3 is 3.17 bits per heavy atom. The van der Waals surface area contributed by atoms with E-state index in [2.05, 4.69) is 36.7 Å². The summed E-state index contributed by atoms with van der Waals surface area (Å²) >= 11 is 1.73. The van der Waals surface area contributed by atoms with Gasteiger partial charge in [-0.3, -0.25) is 4.90 Å². The van der Waals surface area contributed by atoms with E-state index in [-0.39, 0.29) is 6.61 Å². The lowest BCUT2D eigenvalue weighted by molar-refractivity contribution is -0.0523. The zero-order valence-corrected chi connectivity index (χ0v) is 11.7. The fourth-order valence-electron chi connectivity index (χ4n) is 2.06. The Kier molecular flexibility index (Phi) is 4.79. The van der Waals surface area contributed by atoms with Crippen molar-refractivity contribution in [3.8, 4) is 11.8 Å². The molecule has 1 N–H and O–H groups in total. The third-order valence-corrected chi connectivity index (χ3v) is 3.98. The van der Waals surface area contributed by atoms with Crippen LogP contribution in [0.2, 0.25) is 0 Å². The summed E-state index contributed by atoms with van der Waals surface area (Å²) in [6.45, 7) is 6.99. The van der Waals surface area contributed by atoms with Crippen LogP contribution in [0.3, 0.4) is 0 Å². The van der Waals surface area contributed by atoms with Crippen LogP contribution in [0.15, 0.2) is 11.4 Å². The summed E-state index contributed by atoms with van der Waals surface area (Å²) in [6.07, 6.45) is 0.315. The van der Waals surface area contributed by atoms with E-state index >= 15 is 0 Å². The molecule has 18 heavy (non-hydrogen) atoms. The number of hydrogen-bond donors (Lipinski definition) is 1. The molecule has 1 saturated heterocycles. The van der Waals surface area contributed by atoms with E-state index in [1.165, 1.54) is 4.88 Å². The number of aliphatic hydroxyl groups is 1. The summed E-state index contributed by atoms with van der Waals surface area (Å²) in [7, 11) is 0. The molecule has 4 heteroatoms. The summed E-state index contributed by atoms with van der Waals surface area (Å²) < 4.78 is 5.63. The van der Waals surface area contributed by atoms with Crippen molar-refractivity contribution in [3.05, 3.63) is 21.9 Å². The number of thiophene rings is 1. The van der Waals surface area contributed by atoms with Gasteiger partial charge >= 0.3 is 0 Å². The van der Waals surface area contributed by atoms with Gasteiger partial charge in [0, 0.05) is 35.0 Å². The number of rotatable bonds is 2. The first kappa shape index (κ1) is 13.6. The molecule has 2 unspecified atom stereocenters. The zero-order chi connectivity index (χ0) is 13.0. The van der Waals surface area contributed by atoms with Gasteiger partial charge < -0.3 is 9.84 Å². The minimum absolute atomic E-state index is 0.0802. The van der Waals surface area contributed by atoms with Crippen LogP contribution in [0.25, 0.3) is 0 Å². The van der Waals surface area contributed by atoms with E-state index in [9.17, 15) is 0 Å². The highest BCUT2D eigenvalue weighted by Crippen LogP contribution is 2.20. The van der Waals surface area contributed by atoms with Crippen molar-refractivity contribution >= 4 is 11.3 Å². The molecule has 0 amide bonds. The maximum atomic E-state index is 8.67. The Morgan fingerprint density at radius 1 is 1.56 bits per heavy atom. The summed E-state index contributed by atoms with van der Waals surface area (Å²) in [6, 6.07) is 2.58. The predicted octanol–water partition coefficient (Wildman–Crippen LogP) is 1.70. The summed E-state index contributed by atoms with van der Waals surface area (Å²) in [5.74, 6) is 5.62. The molecule has 1 aliphatic rings. The molecule has 1 aliphatic heterocycles. The lowest BCUT2D eigenvalue weighted by Crippen LogP contribution is -2.46. The van der Waals surface area contributed by atoms with Gasteiger partial charge in [0.1, 0.15) is 6.61 Å². The third-order valence-electron chi connectivity index (χ3n) is 3.06. The Labute approximate surface area is 112 Å². The maximum Gasteiger partial charge on any atom is 0.104 e. The first-order valence-electron chi connectivity index (χ1n) is 6.22. The molecule has 0 aliphatic carbocycles. The molecule has 98 valence electrons. The number of aliphatic hydroxyl groups excluding tert-OH is 1. The van der Waals surface area contributed by atoms with Crippen LogP contribution < -0.4 is 0 Å². The van der Waals surface area contributed by atoms with Crippen molar-refractivity contribution in [2.45, 2.75) is 32.5 Å². The highest BCUT2D eigenvalue weighted by molar-refractivity contribution is 7.10. The van der Waals surface area contributed by atoms with E-state index < -0.39 is 0 Å². The molecule has 2 heterocycles. The molecule has 0 spiro atoms. The van der Waals surface area contributed by atoms with E-state index in [1.807, 2.05) is 5.38 Å². The average Bonchev–Trinajstić information content (AvgIpc) is 2.79. The molecule has 1 fully saturated rings. The zero-order valence-electron chi connectivity index (χ0n) is 10.8. The predicted molar refractivity (Wildman–Crippen MR) is 73.6 cm³/mol. The molecule has 0 aromatic carbocycles. The van der Waals surface area contributed by atoms with Crippen molar-refractivity contribution in [3.63, 3.8) is 0 Å². The van der Waals surface area contributed by atoms with Gasteiger partial charge in [0.25, 0.3) is 0 Å². The molecule has 2 rings (SSSR count). The number of nitrogens with zero attached hydrogens (tertiary/aromatic N) is 1. The van der Waals surface area contributed by atoms with Crippen molar-refractivity contribution in [1.82, 2.24) is 4.90 Å². The molecule has 1 aromatic heterocycles. The van der Waals surface area contributed by atoms with Gasteiger partial charge in [-0.2, -0.15) is 0 Å². The highest BCUT2D eigenvalue weighted by Gasteiger charge is 2.23. The highest BCUT2D eigenvalue weighted by atomic mass is 32.1. The minimum atomic E-state index is -0.0802. The normalized spacial score (nSPS) is 24.6. The van der Waals surface area contributed by atoms with Crippen LogP contribution in [-0.4, -0.2) is 41.9 Å². The molecular formula is C14H19NO2S. The molecule has 1 aromatic rings. The van der Waals surface area contributed by atoms with Gasteiger partial charge in [0.15, 0.2) is 0 Å². The first-order chi connectivity index (χ1) is 8.69. The van der Waals surface area contributed by atoms with Crippen LogP contribution in [0, 0.1) is 11.8 Å². The monoisotopic (exact) mass is 265 g/mol. The van der Waals surface area contributed by atoms with Crippen LogP contribution in [0.1, 0.15) is 24.3 Å². The summed E-state index contributed by atoms with van der Waals surface area (Å²) in [5, 5.41) is 10.7. The average molecular weight is 265 g/mol. The molecule has 0 bridgehead atoms. The smallest absolute Gasteiger partial charge is 0.104 e. The fraction of sp³-hybridized carbons (Fsp3) is 0.571. The summed E-state index contributed by atoms with van der Waals surface area (Å²) in [4.78, 5) is 3.77. The van der Waals surface area contributed by atoms with Gasteiger partial charge in [0.2, 0.25) is 0 Å². The SMILES string of the molecule is CC1CN(Cc2cc(C#CCO)cs2)C(C)CO1. The molecule has 0 saturated carbocycles. The first-order valence-corrected chi connectivity index (χ1v) is 7.10. The molecular weight excluding hydrogens is 246 g/mol. The quantitative estimate of drug-likeness (QED) is 0.826. The van der Waals surface area contributed by atoms with Gasteiger partial charge in [-0.25, -0.2) is 0 Å². The van der Waals surface area contributed by atoms with E-state index in [1.54, 1.807) is 11.3 Å². The van der Waals surface area contributed by atoms with E-state index in [4.69, 9.17) is 9.84 Å². The Bertz CT molecular complexity index is 446. The number of ether oxygens (including phenoxy) is 1. The van der Waals surface area contributed by atoms with Crippen LogP contribution in [0.5, 0.6) is 0 Å². The van der Waals surface area contributed by atoms with E-state index in [0.717, 1.165) is 25.3 Å². The van der Waals surface area contributed by atoms with Crippen LogP contribution >= 0.6 is 11.3 Å². The van der Waals surface area contributed by atoms with Gasteiger partial charge in [0.05, 0.1) is 12.7 Å². The Hall–Kier alpha value is -0.860. The van der Waals surface area contributed by atoms with Gasteiger partial charge in [-0.15, -0.1) is 11.3 Å².